The Morgan fingerprint density at radius 1 is 1.72 bits per heavy atom. The SMILES string of the molecule is COC(CN)C(=O)N1CCCC1c1cccnc1. The summed E-state index contributed by atoms with van der Waals surface area (Å²) in [6.45, 7) is 0.976. The van der Waals surface area contributed by atoms with Crippen molar-refractivity contribution >= 4 is 5.91 Å². The molecule has 0 aliphatic carbocycles. The van der Waals surface area contributed by atoms with Crippen molar-refractivity contribution in [3.8, 4) is 0 Å². The van der Waals surface area contributed by atoms with E-state index in [0.29, 0.717) is 0 Å². The molecule has 0 saturated carbocycles. The third kappa shape index (κ3) is 2.52. The highest BCUT2D eigenvalue weighted by atomic mass is 16.5. The second-order valence-electron chi connectivity index (χ2n) is 4.44. The Morgan fingerprint density at radius 2 is 2.56 bits per heavy atom. The van der Waals surface area contributed by atoms with E-state index in [4.69, 9.17) is 10.5 Å². The molecule has 1 saturated heterocycles. The van der Waals surface area contributed by atoms with Gasteiger partial charge < -0.3 is 15.4 Å². The first-order valence-electron chi connectivity index (χ1n) is 6.21. The minimum absolute atomic E-state index is 0.0219. The van der Waals surface area contributed by atoms with Gasteiger partial charge in [-0.1, -0.05) is 6.07 Å². The van der Waals surface area contributed by atoms with Crippen molar-refractivity contribution in [1.82, 2.24) is 9.88 Å². The summed E-state index contributed by atoms with van der Waals surface area (Å²) in [7, 11) is 1.52. The molecule has 1 fully saturated rings. The van der Waals surface area contributed by atoms with Gasteiger partial charge >= 0.3 is 0 Å². The number of likely N-dealkylation sites (tertiary alicyclic amines) is 1. The lowest BCUT2D eigenvalue weighted by Crippen LogP contribution is -2.43. The van der Waals surface area contributed by atoms with Crippen LogP contribution in [0.25, 0.3) is 0 Å². The summed E-state index contributed by atoms with van der Waals surface area (Å²) >= 11 is 0. The Hall–Kier alpha value is -1.46. The number of hydrogen-bond donors (Lipinski definition) is 1. The standard InChI is InChI=1S/C13H19N3O2/c1-18-12(8-14)13(17)16-7-3-5-11(16)10-4-2-6-15-9-10/h2,4,6,9,11-12H,3,5,7-8,14H2,1H3. The highest BCUT2D eigenvalue weighted by Gasteiger charge is 2.33. The predicted molar refractivity (Wildman–Crippen MR) is 67.8 cm³/mol. The number of carbonyl (C=O) groups is 1. The summed E-state index contributed by atoms with van der Waals surface area (Å²) in [4.78, 5) is 18.3. The molecule has 2 atom stereocenters. The number of amides is 1. The Morgan fingerprint density at radius 3 is 3.17 bits per heavy atom. The van der Waals surface area contributed by atoms with Crippen LogP contribution in [0.4, 0.5) is 0 Å². The molecule has 1 amide bonds. The molecule has 98 valence electrons. The lowest BCUT2D eigenvalue weighted by molar-refractivity contribution is -0.142. The number of hydrogen-bond acceptors (Lipinski definition) is 4. The first kappa shape index (κ1) is 13.0. The molecule has 0 radical (unpaired) electrons. The molecule has 2 unspecified atom stereocenters. The van der Waals surface area contributed by atoms with Gasteiger partial charge in [-0.3, -0.25) is 9.78 Å². The van der Waals surface area contributed by atoms with E-state index in [1.165, 1.54) is 7.11 Å². The molecule has 2 N–H and O–H groups in total. The summed E-state index contributed by atoms with van der Waals surface area (Å²) in [5.74, 6) is -0.0219. The number of ether oxygens (including phenoxy) is 1. The number of methoxy groups -OCH3 is 1. The first-order chi connectivity index (χ1) is 8.77. The van der Waals surface area contributed by atoms with Gasteiger partial charge in [0, 0.05) is 32.6 Å². The molecular weight excluding hydrogens is 230 g/mol. The lowest BCUT2D eigenvalue weighted by atomic mass is 10.1. The van der Waals surface area contributed by atoms with Gasteiger partial charge in [-0.2, -0.15) is 0 Å². The highest BCUT2D eigenvalue weighted by Crippen LogP contribution is 2.31. The van der Waals surface area contributed by atoms with E-state index < -0.39 is 6.10 Å². The van der Waals surface area contributed by atoms with Gasteiger partial charge in [0.05, 0.1) is 6.04 Å². The van der Waals surface area contributed by atoms with E-state index in [2.05, 4.69) is 4.98 Å². The van der Waals surface area contributed by atoms with Crippen molar-refractivity contribution in [3.63, 3.8) is 0 Å². The van der Waals surface area contributed by atoms with E-state index >= 15 is 0 Å². The summed E-state index contributed by atoms with van der Waals surface area (Å²) in [6.07, 6.45) is 5.00. The smallest absolute Gasteiger partial charge is 0.253 e. The summed E-state index contributed by atoms with van der Waals surface area (Å²) in [5, 5.41) is 0. The molecule has 5 nitrogen and oxygen atoms in total. The largest absolute Gasteiger partial charge is 0.370 e. The molecule has 2 rings (SSSR count). The van der Waals surface area contributed by atoms with Crippen LogP contribution in [0.15, 0.2) is 24.5 Å². The molecular formula is C13H19N3O2. The summed E-state index contributed by atoms with van der Waals surface area (Å²) in [6, 6.07) is 4.01. The minimum atomic E-state index is -0.540. The van der Waals surface area contributed by atoms with Crippen LogP contribution in [0.3, 0.4) is 0 Å². The summed E-state index contributed by atoms with van der Waals surface area (Å²) < 4.78 is 5.13. The van der Waals surface area contributed by atoms with Crippen LogP contribution in [-0.4, -0.2) is 42.1 Å². The van der Waals surface area contributed by atoms with Gasteiger partial charge in [0.25, 0.3) is 5.91 Å². The molecule has 5 heteroatoms. The minimum Gasteiger partial charge on any atom is -0.370 e. The van der Waals surface area contributed by atoms with Crippen LogP contribution in [0.1, 0.15) is 24.4 Å². The molecule has 2 heterocycles. The monoisotopic (exact) mass is 249 g/mol. The van der Waals surface area contributed by atoms with Crippen LogP contribution >= 0.6 is 0 Å². The molecule has 0 aromatic carbocycles. The Labute approximate surface area is 107 Å². The maximum absolute atomic E-state index is 12.3. The van der Waals surface area contributed by atoms with Crippen LogP contribution in [0.5, 0.6) is 0 Å². The molecule has 1 aromatic rings. The van der Waals surface area contributed by atoms with Gasteiger partial charge in [-0.05, 0) is 24.5 Å². The second kappa shape index (κ2) is 5.93. The number of carbonyl (C=O) groups excluding carboxylic acids is 1. The first-order valence-corrected chi connectivity index (χ1v) is 6.21. The van der Waals surface area contributed by atoms with E-state index in [9.17, 15) is 4.79 Å². The maximum atomic E-state index is 12.3. The van der Waals surface area contributed by atoms with Crippen molar-refractivity contribution < 1.29 is 9.53 Å². The van der Waals surface area contributed by atoms with Gasteiger partial charge in [0.2, 0.25) is 0 Å². The number of nitrogens with two attached hydrogens (primary N) is 1. The van der Waals surface area contributed by atoms with Gasteiger partial charge in [-0.25, -0.2) is 0 Å². The zero-order valence-electron chi connectivity index (χ0n) is 10.6. The van der Waals surface area contributed by atoms with E-state index in [1.54, 1.807) is 6.20 Å². The number of nitrogens with zero attached hydrogens (tertiary/aromatic N) is 2. The fourth-order valence-electron chi connectivity index (χ4n) is 2.43. The van der Waals surface area contributed by atoms with Crippen molar-refractivity contribution in [3.05, 3.63) is 30.1 Å². The second-order valence-corrected chi connectivity index (χ2v) is 4.44. The lowest BCUT2D eigenvalue weighted by Gasteiger charge is -2.27. The number of aromatic nitrogens is 1. The number of pyridine rings is 1. The third-order valence-corrected chi connectivity index (χ3v) is 3.38. The van der Waals surface area contributed by atoms with Gasteiger partial charge in [-0.15, -0.1) is 0 Å². The quantitative estimate of drug-likeness (QED) is 0.853. The maximum Gasteiger partial charge on any atom is 0.253 e. The van der Waals surface area contributed by atoms with Crippen molar-refractivity contribution in [1.29, 1.82) is 0 Å². The Kier molecular flexibility index (Phi) is 4.28. The molecule has 1 aliphatic rings. The average molecular weight is 249 g/mol. The fourth-order valence-corrected chi connectivity index (χ4v) is 2.43. The molecule has 1 aliphatic heterocycles. The number of rotatable bonds is 4. The normalized spacial score (nSPS) is 21.0. The Bertz CT molecular complexity index is 392. The zero-order valence-corrected chi connectivity index (χ0v) is 10.6. The van der Waals surface area contributed by atoms with E-state index in [0.717, 1.165) is 24.9 Å². The van der Waals surface area contributed by atoms with Crippen molar-refractivity contribution in [2.24, 2.45) is 5.73 Å². The van der Waals surface area contributed by atoms with E-state index in [1.807, 2.05) is 23.2 Å². The summed E-state index contributed by atoms with van der Waals surface area (Å²) in [5.41, 5.74) is 6.63. The molecule has 0 spiro atoms. The highest BCUT2D eigenvalue weighted by molar-refractivity contribution is 5.82. The van der Waals surface area contributed by atoms with Crippen LogP contribution < -0.4 is 5.73 Å². The molecule has 1 aromatic heterocycles. The topological polar surface area (TPSA) is 68.5 Å². The predicted octanol–water partition coefficient (Wildman–Crippen LogP) is 0.719. The van der Waals surface area contributed by atoms with Crippen molar-refractivity contribution in [2.75, 3.05) is 20.2 Å². The van der Waals surface area contributed by atoms with Crippen LogP contribution in [-0.2, 0) is 9.53 Å². The van der Waals surface area contributed by atoms with Gasteiger partial charge in [0.1, 0.15) is 6.10 Å². The average Bonchev–Trinajstić information content (AvgIpc) is 2.90. The van der Waals surface area contributed by atoms with E-state index in [-0.39, 0.29) is 18.5 Å². The van der Waals surface area contributed by atoms with Crippen LogP contribution in [0, 0.1) is 0 Å². The molecule has 18 heavy (non-hydrogen) atoms. The fraction of sp³-hybridized carbons (Fsp3) is 0.538. The van der Waals surface area contributed by atoms with Crippen molar-refractivity contribution in [2.45, 2.75) is 25.0 Å². The zero-order chi connectivity index (χ0) is 13.0. The Balaban J connectivity index is 2.15. The van der Waals surface area contributed by atoms with Gasteiger partial charge in [0.15, 0.2) is 0 Å². The van der Waals surface area contributed by atoms with Crippen LogP contribution in [0.2, 0.25) is 0 Å². The molecule has 0 bridgehead atoms. The third-order valence-electron chi connectivity index (χ3n) is 3.38.